The fourth-order valence-electron chi connectivity index (χ4n) is 3.10. The number of anilines is 1. The van der Waals surface area contributed by atoms with E-state index in [1.54, 1.807) is 36.4 Å². The molecule has 0 bridgehead atoms. The normalized spacial score (nSPS) is 17.5. The maximum atomic E-state index is 12.4. The average molecular weight is 411 g/mol. The summed E-state index contributed by atoms with van der Waals surface area (Å²) in [6.45, 7) is -3.01. The minimum absolute atomic E-state index is 0.0660. The summed E-state index contributed by atoms with van der Waals surface area (Å²) in [5.41, 5.74) is 2.47. The van der Waals surface area contributed by atoms with Gasteiger partial charge in [-0.1, -0.05) is 36.4 Å². The number of amides is 2. The highest BCUT2D eigenvalue weighted by molar-refractivity contribution is 6.03. The second kappa shape index (κ2) is 7.82. The van der Waals surface area contributed by atoms with Crippen LogP contribution in [0.4, 0.5) is 14.5 Å². The number of hydrogen-bond acceptors (Lipinski definition) is 5. The van der Waals surface area contributed by atoms with Crippen LogP contribution in [-0.2, 0) is 11.8 Å². The first-order valence-electron chi connectivity index (χ1n) is 8.87. The zero-order valence-electron chi connectivity index (χ0n) is 15.6. The van der Waals surface area contributed by atoms with Crippen molar-refractivity contribution in [1.82, 2.24) is 9.78 Å². The third-order valence-corrected chi connectivity index (χ3v) is 4.51. The Labute approximate surface area is 169 Å². The lowest BCUT2D eigenvalue weighted by molar-refractivity contribution is -0.119. The number of rotatable bonds is 5. The highest BCUT2D eigenvalue weighted by Gasteiger charge is 2.27. The highest BCUT2D eigenvalue weighted by atomic mass is 19.3. The molecule has 2 heterocycles. The molecule has 1 aliphatic carbocycles. The van der Waals surface area contributed by atoms with Gasteiger partial charge in [0.05, 0.1) is 11.6 Å². The van der Waals surface area contributed by atoms with Crippen molar-refractivity contribution in [3.05, 3.63) is 71.5 Å². The number of aryl methyl sites for hydroxylation is 1. The SMILES string of the molecule is Cn1nc(C(=O)Nc2ccc(C3=C4C=CC=CC4C(=O)N=N3)cc2)cc1OC(F)F. The van der Waals surface area contributed by atoms with Crippen molar-refractivity contribution in [2.24, 2.45) is 23.2 Å². The summed E-state index contributed by atoms with van der Waals surface area (Å²) >= 11 is 0. The number of carbonyl (C=O) groups is 2. The van der Waals surface area contributed by atoms with Gasteiger partial charge in [-0.2, -0.15) is 13.9 Å². The number of aromatic nitrogens is 2. The lowest BCUT2D eigenvalue weighted by Gasteiger charge is -2.19. The van der Waals surface area contributed by atoms with Crippen LogP contribution in [0.3, 0.4) is 0 Å². The molecular weight excluding hydrogens is 396 g/mol. The number of fused-ring (bicyclic) bond motifs is 1. The third-order valence-electron chi connectivity index (χ3n) is 4.51. The van der Waals surface area contributed by atoms with E-state index < -0.39 is 18.4 Å². The number of carbonyl (C=O) groups excluding carboxylic acids is 2. The van der Waals surface area contributed by atoms with Crippen molar-refractivity contribution in [2.75, 3.05) is 5.32 Å². The largest absolute Gasteiger partial charge is 0.417 e. The average Bonchev–Trinajstić information content (AvgIpc) is 3.09. The Morgan fingerprint density at radius 1 is 1.20 bits per heavy atom. The van der Waals surface area contributed by atoms with Crippen LogP contribution in [-0.4, -0.2) is 28.2 Å². The molecule has 2 amide bonds. The van der Waals surface area contributed by atoms with Gasteiger partial charge < -0.3 is 10.1 Å². The Morgan fingerprint density at radius 2 is 1.97 bits per heavy atom. The Hall–Kier alpha value is -3.95. The van der Waals surface area contributed by atoms with E-state index in [0.29, 0.717) is 11.4 Å². The summed E-state index contributed by atoms with van der Waals surface area (Å²) in [5.74, 6) is -1.56. The van der Waals surface area contributed by atoms with E-state index in [1.165, 1.54) is 7.05 Å². The Balaban J connectivity index is 1.51. The molecule has 1 unspecified atom stereocenters. The van der Waals surface area contributed by atoms with Crippen LogP contribution in [0.25, 0.3) is 5.70 Å². The first kappa shape index (κ1) is 19.4. The van der Waals surface area contributed by atoms with Gasteiger partial charge >= 0.3 is 6.61 Å². The molecule has 30 heavy (non-hydrogen) atoms. The molecule has 1 aromatic carbocycles. The Morgan fingerprint density at radius 3 is 2.70 bits per heavy atom. The summed E-state index contributed by atoms with van der Waals surface area (Å²) in [6.07, 6.45) is 7.21. The Kier molecular flexibility index (Phi) is 5.05. The van der Waals surface area contributed by atoms with Crippen molar-refractivity contribution >= 4 is 23.2 Å². The quantitative estimate of drug-likeness (QED) is 0.811. The molecule has 0 saturated carbocycles. The van der Waals surface area contributed by atoms with E-state index in [4.69, 9.17) is 0 Å². The predicted octanol–water partition coefficient (Wildman–Crippen LogP) is 3.72. The van der Waals surface area contributed by atoms with Gasteiger partial charge in [-0.05, 0) is 17.7 Å². The van der Waals surface area contributed by atoms with Gasteiger partial charge in [-0.25, -0.2) is 4.68 Å². The van der Waals surface area contributed by atoms with Crippen LogP contribution in [0.15, 0.2) is 70.4 Å². The van der Waals surface area contributed by atoms with Gasteiger partial charge in [0.15, 0.2) is 5.69 Å². The van der Waals surface area contributed by atoms with E-state index in [-0.39, 0.29) is 17.5 Å². The Bertz CT molecular complexity index is 1130. The van der Waals surface area contributed by atoms with Gasteiger partial charge in [0.25, 0.3) is 11.8 Å². The van der Waals surface area contributed by atoms with Gasteiger partial charge in [0.1, 0.15) is 0 Å². The molecule has 2 aliphatic rings. The molecule has 10 heteroatoms. The number of nitrogens with zero attached hydrogens (tertiary/aromatic N) is 4. The number of ether oxygens (including phenoxy) is 1. The maximum absolute atomic E-state index is 12.4. The predicted molar refractivity (Wildman–Crippen MR) is 103 cm³/mol. The van der Waals surface area contributed by atoms with Gasteiger partial charge in [0, 0.05) is 24.4 Å². The standard InChI is InChI=1S/C20H15F2N5O3/c1-27-16(30-20(21)22)10-15(26-27)19(29)23-12-8-6-11(7-9-12)17-13-4-2-3-5-14(13)18(28)25-24-17/h2-10,14,20H,1H3,(H,23,29). The van der Waals surface area contributed by atoms with E-state index in [0.717, 1.165) is 21.9 Å². The van der Waals surface area contributed by atoms with Gasteiger partial charge in [-0.15, -0.1) is 10.2 Å². The molecule has 2 aromatic rings. The second-order valence-electron chi connectivity index (χ2n) is 6.47. The van der Waals surface area contributed by atoms with Gasteiger partial charge in [-0.3, -0.25) is 9.59 Å². The molecule has 4 rings (SSSR count). The second-order valence-corrected chi connectivity index (χ2v) is 6.47. The van der Waals surface area contributed by atoms with E-state index in [2.05, 4.69) is 25.4 Å². The van der Waals surface area contributed by atoms with Gasteiger partial charge in [0.2, 0.25) is 5.88 Å². The molecule has 1 atom stereocenters. The fraction of sp³-hybridized carbons (Fsp3) is 0.150. The lowest BCUT2D eigenvalue weighted by Crippen LogP contribution is -2.17. The van der Waals surface area contributed by atoms with Crippen LogP contribution in [0.1, 0.15) is 16.1 Å². The summed E-state index contributed by atoms with van der Waals surface area (Å²) in [4.78, 5) is 24.3. The third kappa shape index (κ3) is 3.79. The summed E-state index contributed by atoms with van der Waals surface area (Å²) in [7, 11) is 1.39. The van der Waals surface area contributed by atoms with Crippen molar-refractivity contribution in [3.8, 4) is 5.88 Å². The van der Waals surface area contributed by atoms with E-state index in [1.807, 2.05) is 12.2 Å². The first-order valence-corrected chi connectivity index (χ1v) is 8.87. The monoisotopic (exact) mass is 411 g/mol. The number of nitrogens with one attached hydrogen (secondary N) is 1. The zero-order chi connectivity index (χ0) is 21.3. The molecule has 1 aliphatic heterocycles. The summed E-state index contributed by atoms with van der Waals surface area (Å²) in [5, 5.41) is 14.3. The smallest absolute Gasteiger partial charge is 0.388 e. The van der Waals surface area contributed by atoms with E-state index >= 15 is 0 Å². The van der Waals surface area contributed by atoms with Crippen molar-refractivity contribution < 1.29 is 23.1 Å². The topological polar surface area (TPSA) is 97.9 Å². The van der Waals surface area contributed by atoms with Crippen LogP contribution < -0.4 is 10.1 Å². The molecule has 0 spiro atoms. The van der Waals surface area contributed by atoms with Crippen LogP contribution in [0, 0.1) is 5.92 Å². The number of alkyl halides is 2. The van der Waals surface area contributed by atoms with E-state index in [9.17, 15) is 18.4 Å². The maximum Gasteiger partial charge on any atom is 0.388 e. The molecule has 8 nitrogen and oxygen atoms in total. The molecule has 1 N–H and O–H groups in total. The fourth-order valence-corrected chi connectivity index (χ4v) is 3.10. The molecule has 1 aromatic heterocycles. The lowest BCUT2D eigenvalue weighted by atomic mass is 9.89. The van der Waals surface area contributed by atoms with Crippen LogP contribution in [0.2, 0.25) is 0 Å². The molecule has 0 radical (unpaired) electrons. The van der Waals surface area contributed by atoms with Crippen molar-refractivity contribution in [1.29, 1.82) is 0 Å². The molecule has 152 valence electrons. The zero-order valence-corrected chi connectivity index (χ0v) is 15.6. The highest BCUT2D eigenvalue weighted by Crippen LogP contribution is 2.34. The number of benzene rings is 1. The number of azo groups is 1. The van der Waals surface area contributed by atoms with Crippen molar-refractivity contribution in [3.63, 3.8) is 0 Å². The minimum atomic E-state index is -3.01. The minimum Gasteiger partial charge on any atom is -0.417 e. The number of allylic oxidation sites excluding steroid dienone is 3. The molecule has 0 fully saturated rings. The summed E-state index contributed by atoms with van der Waals surface area (Å²) < 4.78 is 30.1. The summed E-state index contributed by atoms with van der Waals surface area (Å²) in [6, 6.07) is 7.91. The first-order chi connectivity index (χ1) is 14.4. The van der Waals surface area contributed by atoms with Crippen molar-refractivity contribution in [2.45, 2.75) is 6.61 Å². The molecule has 0 saturated heterocycles. The molecular formula is C20H15F2N5O3. The number of hydrogen-bond donors (Lipinski definition) is 1. The number of halogens is 2. The van der Waals surface area contributed by atoms with Crippen LogP contribution >= 0.6 is 0 Å². The van der Waals surface area contributed by atoms with Crippen LogP contribution in [0.5, 0.6) is 5.88 Å².